The number of likely N-dealkylation sites (N-methyl/N-ethyl adjacent to an activating group) is 1. The van der Waals surface area contributed by atoms with E-state index in [0.29, 0.717) is 18.7 Å². The van der Waals surface area contributed by atoms with Crippen LogP contribution in [0.4, 0.5) is 5.69 Å². The maximum atomic E-state index is 13.2. The number of nitrogens with one attached hydrogen (secondary N) is 2. The molecule has 0 aromatic heterocycles. The smallest absolute Gasteiger partial charge is 0.184 e. The Morgan fingerprint density at radius 2 is 1.88 bits per heavy atom. The largest absolute Gasteiger partial charge is 0.364 e. The van der Waals surface area contributed by atoms with Crippen molar-refractivity contribution in [2.45, 2.75) is 38.4 Å². The average Bonchev–Trinajstić information content (AvgIpc) is 3.38. The molecule has 1 aliphatic rings. The van der Waals surface area contributed by atoms with Gasteiger partial charge in [0, 0.05) is 24.8 Å². The molecule has 166 valence electrons. The predicted molar refractivity (Wildman–Crippen MR) is 130 cm³/mol. The highest BCUT2D eigenvalue weighted by molar-refractivity contribution is 6.02. The van der Waals surface area contributed by atoms with Gasteiger partial charge in [-0.3, -0.25) is 9.59 Å². The van der Waals surface area contributed by atoms with Gasteiger partial charge in [0.05, 0.1) is 18.6 Å². The van der Waals surface area contributed by atoms with E-state index < -0.39 is 0 Å². The molecule has 32 heavy (non-hydrogen) atoms. The SMILES string of the molecule is C[C@@H](C(=O)c1cccc(CNCC(=O)[C@@H]2CCCN2)c1)N(C)c1ccc2ccccc2c1. The first-order valence-corrected chi connectivity index (χ1v) is 11.3. The second kappa shape index (κ2) is 10.1. The van der Waals surface area contributed by atoms with Crippen LogP contribution in [0.5, 0.6) is 0 Å². The van der Waals surface area contributed by atoms with Gasteiger partial charge in [0.1, 0.15) is 0 Å². The molecule has 5 heteroatoms. The third kappa shape index (κ3) is 5.06. The lowest BCUT2D eigenvalue weighted by Gasteiger charge is -2.26. The molecule has 0 bridgehead atoms. The van der Waals surface area contributed by atoms with E-state index in [0.717, 1.165) is 36.0 Å². The van der Waals surface area contributed by atoms with Gasteiger partial charge in [-0.15, -0.1) is 0 Å². The first-order chi connectivity index (χ1) is 15.5. The van der Waals surface area contributed by atoms with E-state index in [1.807, 2.05) is 55.3 Å². The van der Waals surface area contributed by atoms with Gasteiger partial charge in [-0.05, 0) is 60.8 Å². The number of carbonyl (C=O) groups is 2. The Bertz CT molecular complexity index is 1100. The molecule has 0 unspecified atom stereocenters. The van der Waals surface area contributed by atoms with Crippen molar-refractivity contribution in [2.24, 2.45) is 0 Å². The summed E-state index contributed by atoms with van der Waals surface area (Å²) in [6.07, 6.45) is 1.99. The number of ketones is 2. The number of nitrogens with zero attached hydrogens (tertiary/aromatic N) is 1. The lowest BCUT2D eigenvalue weighted by atomic mass is 10.0. The normalized spacial score (nSPS) is 16.8. The van der Waals surface area contributed by atoms with Crippen molar-refractivity contribution in [1.82, 2.24) is 10.6 Å². The van der Waals surface area contributed by atoms with E-state index in [1.165, 1.54) is 5.39 Å². The maximum absolute atomic E-state index is 13.2. The Morgan fingerprint density at radius 3 is 2.66 bits per heavy atom. The third-order valence-corrected chi connectivity index (χ3v) is 6.39. The molecule has 0 spiro atoms. The van der Waals surface area contributed by atoms with Crippen LogP contribution in [-0.2, 0) is 11.3 Å². The van der Waals surface area contributed by atoms with Crippen LogP contribution < -0.4 is 15.5 Å². The first kappa shape index (κ1) is 22.2. The summed E-state index contributed by atoms with van der Waals surface area (Å²) in [6, 6.07) is 21.9. The molecular formula is C27H31N3O2. The highest BCUT2D eigenvalue weighted by Crippen LogP contribution is 2.24. The van der Waals surface area contributed by atoms with E-state index in [-0.39, 0.29) is 23.7 Å². The molecule has 0 aliphatic carbocycles. The number of carbonyl (C=O) groups excluding carboxylic acids is 2. The molecule has 0 radical (unpaired) electrons. The standard InChI is InChI=1S/C27H31N3O2/c1-19(30(2)24-13-12-21-8-3-4-9-22(21)16-24)27(32)23-10-5-7-20(15-23)17-28-18-26(31)25-11-6-14-29-25/h3-5,7-10,12-13,15-16,19,25,28-29H,6,11,14,17-18H2,1-2H3/t19-,25-/m0/s1. The Morgan fingerprint density at radius 1 is 1.06 bits per heavy atom. The van der Waals surface area contributed by atoms with Crippen molar-refractivity contribution in [3.63, 3.8) is 0 Å². The second-order valence-corrected chi connectivity index (χ2v) is 8.60. The number of rotatable bonds is 9. The molecule has 0 amide bonds. The van der Waals surface area contributed by atoms with Crippen molar-refractivity contribution in [1.29, 1.82) is 0 Å². The van der Waals surface area contributed by atoms with Crippen LogP contribution in [0.25, 0.3) is 10.8 Å². The number of Topliss-reactive ketones (excluding diaryl/α,β-unsaturated/α-hetero) is 2. The first-order valence-electron chi connectivity index (χ1n) is 11.3. The lowest BCUT2D eigenvalue weighted by Crippen LogP contribution is -2.37. The number of fused-ring (bicyclic) bond motifs is 1. The molecule has 2 atom stereocenters. The summed E-state index contributed by atoms with van der Waals surface area (Å²) in [5, 5.41) is 8.81. The van der Waals surface area contributed by atoms with Crippen LogP contribution in [0.15, 0.2) is 66.7 Å². The van der Waals surface area contributed by atoms with Gasteiger partial charge in [-0.2, -0.15) is 0 Å². The Balaban J connectivity index is 1.38. The second-order valence-electron chi connectivity index (χ2n) is 8.60. The molecule has 4 rings (SSSR count). The molecular weight excluding hydrogens is 398 g/mol. The predicted octanol–water partition coefficient (Wildman–Crippen LogP) is 3.96. The highest BCUT2D eigenvalue weighted by Gasteiger charge is 2.22. The monoisotopic (exact) mass is 429 g/mol. The zero-order valence-electron chi connectivity index (χ0n) is 18.8. The fourth-order valence-electron chi connectivity index (χ4n) is 4.28. The third-order valence-electron chi connectivity index (χ3n) is 6.39. The summed E-state index contributed by atoms with van der Waals surface area (Å²) < 4.78 is 0. The van der Waals surface area contributed by atoms with E-state index >= 15 is 0 Å². The molecule has 1 heterocycles. The summed E-state index contributed by atoms with van der Waals surface area (Å²) >= 11 is 0. The summed E-state index contributed by atoms with van der Waals surface area (Å²) in [4.78, 5) is 27.4. The van der Waals surface area contributed by atoms with Crippen LogP contribution in [0, 0.1) is 0 Å². The van der Waals surface area contributed by atoms with Crippen molar-refractivity contribution in [3.8, 4) is 0 Å². The van der Waals surface area contributed by atoms with Gasteiger partial charge in [-0.25, -0.2) is 0 Å². The van der Waals surface area contributed by atoms with Gasteiger partial charge in [0.25, 0.3) is 0 Å². The fourth-order valence-corrected chi connectivity index (χ4v) is 4.28. The molecule has 1 fully saturated rings. The lowest BCUT2D eigenvalue weighted by molar-refractivity contribution is -0.119. The molecule has 1 aliphatic heterocycles. The zero-order valence-corrected chi connectivity index (χ0v) is 18.8. The molecule has 1 saturated heterocycles. The van der Waals surface area contributed by atoms with Crippen LogP contribution in [0.3, 0.4) is 0 Å². The van der Waals surface area contributed by atoms with Gasteiger partial charge >= 0.3 is 0 Å². The van der Waals surface area contributed by atoms with Crippen molar-refractivity contribution < 1.29 is 9.59 Å². The number of benzene rings is 3. The Labute approximate surface area is 189 Å². The van der Waals surface area contributed by atoms with E-state index in [9.17, 15) is 9.59 Å². The van der Waals surface area contributed by atoms with Crippen molar-refractivity contribution in [2.75, 3.05) is 25.0 Å². The zero-order chi connectivity index (χ0) is 22.5. The minimum atomic E-state index is -0.297. The van der Waals surface area contributed by atoms with Gasteiger partial charge in [0.15, 0.2) is 11.6 Å². The van der Waals surface area contributed by atoms with Crippen LogP contribution in [0.1, 0.15) is 35.7 Å². The summed E-state index contributed by atoms with van der Waals surface area (Å²) in [5.74, 6) is 0.286. The highest BCUT2D eigenvalue weighted by atomic mass is 16.1. The minimum Gasteiger partial charge on any atom is -0.364 e. The summed E-state index contributed by atoms with van der Waals surface area (Å²) in [7, 11) is 1.96. The maximum Gasteiger partial charge on any atom is 0.184 e. The number of anilines is 1. The number of hydrogen-bond acceptors (Lipinski definition) is 5. The Hall–Kier alpha value is -3.02. The van der Waals surface area contributed by atoms with Gasteiger partial charge in [-0.1, -0.05) is 48.5 Å². The fraction of sp³-hybridized carbons (Fsp3) is 0.333. The van der Waals surface area contributed by atoms with Crippen LogP contribution in [-0.4, -0.2) is 43.8 Å². The molecule has 5 nitrogen and oxygen atoms in total. The van der Waals surface area contributed by atoms with Crippen molar-refractivity contribution >= 4 is 28.0 Å². The molecule has 3 aromatic rings. The van der Waals surface area contributed by atoms with E-state index in [2.05, 4.69) is 41.0 Å². The topological polar surface area (TPSA) is 61.4 Å². The van der Waals surface area contributed by atoms with Crippen LogP contribution >= 0.6 is 0 Å². The Kier molecular flexibility index (Phi) is 6.98. The van der Waals surface area contributed by atoms with Gasteiger partial charge < -0.3 is 15.5 Å². The van der Waals surface area contributed by atoms with E-state index in [1.54, 1.807) is 0 Å². The summed E-state index contributed by atoms with van der Waals surface area (Å²) in [5.41, 5.74) is 2.71. The van der Waals surface area contributed by atoms with Crippen LogP contribution in [0.2, 0.25) is 0 Å². The van der Waals surface area contributed by atoms with E-state index in [4.69, 9.17) is 0 Å². The molecule has 2 N–H and O–H groups in total. The number of hydrogen-bond donors (Lipinski definition) is 2. The quantitative estimate of drug-likeness (QED) is 0.504. The summed E-state index contributed by atoms with van der Waals surface area (Å²) in [6.45, 7) is 3.77. The molecule has 0 saturated carbocycles. The van der Waals surface area contributed by atoms with Gasteiger partial charge in [0.2, 0.25) is 0 Å². The molecule has 3 aromatic carbocycles. The van der Waals surface area contributed by atoms with Crippen molar-refractivity contribution in [3.05, 3.63) is 77.9 Å². The minimum absolute atomic E-state index is 0.0121. The average molecular weight is 430 g/mol.